The molecule has 0 bridgehead atoms. The Bertz CT molecular complexity index is 312. The van der Waals surface area contributed by atoms with Crippen LogP contribution in [0.25, 0.3) is 0 Å². The smallest absolute Gasteiger partial charge is 0.278 e. The first-order valence-electron chi connectivity index (χ1n) is 5.19. The summed E-state index contributed by atoms with van der Waals surface area (Å²) in [6.45, 7) is 4.41. The Morgan fingerprint density at radius 2 is 1.81 bits per heavy atom. The fourth-order valence-electron chi connectivity index (χ4n) is 0.954. The minimum absolute atomic E-state index is 0.0564. The summed E-state index contributed by atoms with van der Waals surface area (Å²) in [5.41, 5.74) is 0. The van der Waals surface area contributed by atoms with Crippen LogP contribution < -0.4 is 10.0 Å². The highest BCUT2D eigenvalue weighted by molar-refractivity contribution is 7.87. The number of carbonyl (C=O) groups excluding carboxylic acids is 1. The summed E-state index contributed by atoms with van der Waals surface area (Å²) in [7, 11) is -0.499. The van der Waals surface area contributed by atoms with Crippen LogP contribution in [0.5, 0.6) is 0 Å². The molecule has 2 N–H and O–H groups in total. The topological polar surface area (TPSA) is 78.5 Å². The van der Waals surface area contributed by atoms with Crippen molar-refractivity contribution in [3.8, 4) is 0 Å². The standard InChI is InChI=1S/C9H21N3O3S/c1-8(2)7-9(13)10-5-6-11-16(14,15)12(3)4/h8,11H,5-7H2,1-4H3,(H,10,13). The molecule has 96 valence electrons. The molecule has 0 unspecified atom stereocenters. The molecule has 0 aromatic rings. The molecule has 0 fully saturated rings. The molecule has 7 heteroatoms. The van der Waals surface area contributed by atoms with E-state index in [0.29, 0.717) is 18.9 Å². The van der Waals surface area contributed by atoms with Crippen LogP contribution in [0.4, 0.5) is 0 Å². The zero-order valence-corrected chi connectivity index (χ0v) is 11.1. The van der Waals surface area contributed by atoms with Crippen molar-refractivity contribution in [1.82, 2.24) is 14.3 Å². The van der Waals surface area contributed by atoms with E-state index in [-0.39, 0.29) is 12.5 Å². The molecule has 0 aliphatic carbocycles. The predicted molar refractivity (Wildman–Crippen MR) is 63.1 cm³/mol. The van der Waals surface area contributed by atoms with Crippen LogP contribution >= 0.6 is 0 Å². The Morgan fingerprint density at radius 1 is 1.25 bits per heavy atom. The Balaban J connectivity index is 3.73. The second-order valence-electron chi connectivity index (χ2n) is 4.13. The second-order valence-corrected chi connectivity index (χ2v) is 6.10. The summed E-state index contributed by atoms with van der Waals surface area (Å²) < 4.78 is 25.9. The fourth-order valence-corrected chi connectivity index (χ4v) is 1.57. The van der Waals surface area contributed by atoms with Gasteiger partial charge in [0.05, 0.1) is 0 Å². The molecule has 0 rings (SSSR count). The van der Waals surface area contributed by atoms with E-state index in [1.54, 1.807) is 0 Å². The van der Waals surface area contributed by atoms with Gasteiger partial charge in [0.1, 0.15) is 0 Å². The van der Waals surface area contributed by atoms with E-state index in [2.05, 4.69) is 10.0 Å². The molecular formula is C9H21N3O3S. The highest BCUT2D eigenvalue weighted by Crippen LogP contribution is 1.97. The third-order valence-electron chi connectivity index (χ3n) is 1.81. The maximum Gasteiger partial charge on any atom is 0.278 e. The first-order valence-corrected chi connectivity index (χ1v) is 6.63. The number of amides is 1. The van der Waals surface area contributed by atoms with E-state index in [1.807, 2.05) is 13.8 Å². The zero-order chi connectivity index (χ0) is 12.8. The van der Waals surface area contributed by atoms with E-state index in [9.17, 15) is 13.2 Å². The molecule has 0 aromatic carbocycles. The van der Waals surface area contributed by atoms with Crippen molar-refractivity contribution >= 4 is 16.1 Å². The third kappa shape index (κ3) is 6.76. The van der Waals surface area contributed by atoms with Gasteiger partial charge in [-0.05, 0) is 5.92 Å². The van der Waals surface area contributed by atoms with Gasteiger partial charge in [0.2, 0.25) is 5.91 Å². The molecule has 1 amide bonds. The van der Waals surface area contributed by atoms with Crippen LogP contribution in [-0.2, 0) is 15.0 Å². The van der Waals surface area contributed by atoms with Gasteiger partial charge in [0.15, 0.2) is 0 Å². The van der Waals surface area contributed by atoms with Gasteiger partial charge in [-0.2, -0.15) is 12.7 Å². The number of carbonyl (C=O) groups is 1. The first kappa shape index (κ1) is 15.3. The normalized spacial score (nSPS) is 12.1. The van der Waals surface area contributed by atoms with Crippen molar-refractivity contribution < 1.29 is 13.2 Å². The van der Waals surface area contributed by atoms with Gasteiger partial charge in [-0.15, -0.1) is 0 Å². The van der Waals surface area contributed by atoms with Crippen molar-refractivity contribution in [3.63, 3.8) is 0 Å². The minimum atomic E-state index is -3.39. The summed E-state index contributed by atoms with van der Waals surface area (Å²) >= 11 is 0. The summed E-state index contributed by atoms with van der Waals surface area (Å²) in [6, 6.07) is 0. The lowest BCUT2D eigenvalue weighted by atomic mass is 10.1. The minimum Gasteiger partial charge on any atom is -0.355 e. The highest BCUT2D eigenvalue weighted by atomic mass is 32.2. The second kappa shape index (κ2) is 6.82. The maximum absolute atomic E-state index is 11.3. The van der Waals surface area contributed by atoms with Crippen LogP contribution in [0.15, 0.2) is 0 Å². The van der Waals surface area contributed by atoms with Crippen LogP contribution in [0, 0.1) is 5.92 Å². The van der Waals surface area contributed by atoms with Crippen molar-refractivity contribution in [2.75, 3.05) is 27.2 Å². The van der Waals surface area contributed by atoms with Gasteiger partial charge >= 0.3 is 0 Å². The van der Waals surface area contributed by atoms with E-state index < -0.39 is 10.2 Å². The Hall–Kier alpha value is -0.660. The molecule has 0 saturated heterocycles. The van der Waals surface area contributed by atoms with Gasteiger partial charge in [-0.3, -0.25) is 4.79 Å². The Morgan fingerprint density at radius 3 is 2.25 bits per heavy atom. The number of hydrogen-bond donors (Lipinski definition) is 2. The molecule has 0 atom stereocenters. The van der Waals surface area contributed by atoms with E-state index in [0.717, 1.165) is 4.31 Å². The lowest BCUT2D eigenvalue weighted by Crippen LogP contribution is -2.40. The van der Waals surface area contributed by atoms with E-state index >= 15 is 0 Å². The summed E-state index contributed by atoms with van der Waals surface area (Å²) in [5.74, 6) is 0.248. The molecule has 0 aliphatic rings. The molecule has 0 heterocycles. The summed E-state index contributed by atoms with van der Waals surface area (Å²) in [6.07, 6.45) is 0.459. The molecule has 6 nitrogen and oxygen atoms in total. The maximum atomic E-state index is 11.3. The van der Waals surface area contributed by atoms with E-state index in [1.165, 1.54) is 14.1 Å². The number of rotatable bonds is 7. The van der Waals surface area contributed by atoms with Crippen molar-refractivity contribution in [2.45, 2.75) is 20.3 Å². The van der Waals surface area contributed by atoms with Crippen molar-refractivity contribution in [2.24, 2.45) is 5.92 Å². The lowest BCUT2D eigenvalue weighted by Gasteiger charge is -2.12. The average molecular weight is 251 g/mol. The quantitative estimate of drug-likeness (QED) is 0.601. The lowest BCUT2D eigenvalue weighted by molar-refractivity contribution is -0.121. The summed E-state index contributed by atoms with van der Waals surface area (Å²) in [4.78, 5) is 11.2. The highest BCUT2D eigenvalue weighted by Gasteiger charge is 2.11. The molecule has 0 spiro atoms. The molecule has 0 radical (unpaired) electrons. The first-order chi connectivity index (χ1) is 7.25. The van der Waals surface area contributed by atoms with Gasteiger partial charge < -0.3 is 5.32 Å². The Kier molecular flexibility index (Phi) is 6.54. The molecule has 0 aromatic heterocycles. The van der Waals surface area contributed by atoms with Crippen LogP contribution in [-0.4, -0.2) is 45.8 Å². The zero-order valence-electron chi connectivity index (χ0n) is 10.3. The third-order valence-corrected chi connectivity index (χ3v) is 3.34. The Labute approximate surface area is 97.6 Å². The largest absolute Gasteiger partial charge is 0.355 e. The van der Waals surface area contributed by atoms with Gasteiger partial charge in [-0.1, -0.05) is 13.8 Å². The van der Waals surface area contributed by atoms with Gasteiger partial charge in [0, 0.05) is 33.6 Å². The monoisotopic (exact) mass is 251 g/mol. The van der Waals surface area contributed by atoms with Gasteiger partial charge in [-0.25, -0.2) is 4.72 Å². The average Bonchev–Trinajstić information content (AvgIpc) is 2.11. The predicted octanol–water partition coefficient (Wildman–Crippen LogP) is -0.455. The fraction of sp³-hybridized carbons (Fsp3) is 0.889. The SMILES string of the molecule is CC(C)CC(=O)NCCNS(=O)(=O)N(C)C. The van der Waals surface area contributed by atoms with E-state index in [4.69, 9.17) is 0 Å². The number of nitrogens with zero attached hydrogens (tertiary/aromatic N) is 1. The number of nitrogens with one attached hydrogen (secondary N) is 2. The van der Waals surface area contributed by atoms with Crippen molar-refractivity contribution in [1.29, 1.82) is 0 Å². The molecule has 0 saturated carbocycles. The van der Waals surface area contributed by atoms with Crippen LogP contribution in [0.3, 0.4) is 0 Å². The number of hydrogen-bond acceptors (Lipinski definition) is 3. The van der Waals surface area contributed by atoms with Crippen LogP contribution in [0.1, 0.15) is 20.3 Å². The van der Waals surface area contributed by atoms with Crippen LogP contribution in [0.2, 0.25) is 0 Å². The molecule has 0 aliphatic heterocycles. The molecule has 16 heavy (non-hydrogen) atoms. The molecular weight excluding hydrogens is 230 g/mol. The van der Waals surface area contributed by atoms with Gasteiger partial charge in [0.25, 0.3) is 10.2 Å². The van der Waals surface area contributed by atoms with Crippen molar-refractivity contribution in [3.05, 3.63) is 0 Å². The summed E-state index contributed by atoms with van der Waals surface area (Å²) in [5, 5.41) is 2.64.